The number of nitrogens with zero attached hydrogens (tertiary/aromatic N) is 1. The molecule has 5 nitrogen and oxygen atoms in total. The summed E-state index contributed by atoms with van der Waals surface area (Å²) >= 11 is 1.52. The normalized spacial score (nSPS) is 23.1. The maximum Gasteiger partial charge on any atom is 0.239 e. The van der Waals surface area contributed by atoms with Crippen molar-refractivity contribution < 1.29 is 14.6 Å². The summed E-state index contributed by atoms with van der Waals surface area (Å²) in [6.45, 7) is 3.22. The lowest BCUT2D eigenvalue weighted by atomic mass is 10.0. The Kier molecular flexibility index (Phi) is 4.93. The Hall–Kier alpha value is -0.950. The van der Waals surface area contributed by atoms with Crippen LogP contribution in [0.2, 0.25) is 0 Å². The highest BCUT2D eigenvalue weighted by Gasteiger charge is 2.30. The Morgan fingerprint density at radius 1 is 1.74 bits per heavy atom. The van der Waals surface area contributed by atoms with Gasteiger partial charge in [-0.15, -0.1) is 11.3 Å². The van der Waals surface area contributed by atoms with Crippen LogP contribution in [0, 0.1) is 0 Å². The van der Waals surface area contributed by atoms with Gasteiger partial charge in [-0.3, -0.25) is 4.79 Å². The monoisotopic (exact) mass is 284 g/mol. The molecule has 2 rings (SSSR count). The first-order valence-electron chi connectivity index (χ1n) is 6.45. The molecule has 1 saturated heterocycles. The van der Waals surface area contributed by atoms with Crippen LogP contribution in [-0.4, -0.2) is 47.8 Å². The van der Waals surface area contributed by atoms with E-state index in [2.05, 4.69) is 0 Å². The average Bonchev–Trinajstić information content (AvgIpc) is 2.92. The number of ether oxygens (including phenoxy) is 1. The summed E-state index contributed by atoms with van der Waals surface area (Å²) in [6, 6.07) is 3.19. The third kappa shape index (κ3) is 3.54. The Balaban J connectivity index is 2.01. The van der Waals surface area contributed by atoms with Crippen molar-refractivity contribution in [2.24, 2.45) is 5.73 Å². The second-order valence-corrected chi connectivity index (χ2v) is 5.80. The molecule has 0 radical (unpaired) electrons. The molecule has 3 N–H and O–H groups in total. The standard InChI is InChI=1S/C13H20N2O3S/c1-9(14)13(17)15-4-5-18-8-10(15)7-11(16)12-3-2-6-19-12/h2-3,6,9-11,16H,4-5,7-8,14H2,1H3/t9-,10?,11?/m0/s1. The van der Waals surface area contributed by atoms with Gasteiger partial charge >= 0.3 is 0 Å². The highest BCUT2D eigenvalue weighted by Crippen LogP contribution is 2.26. The predicted octanol–water partition coefficient (Wildman–Crippen LogP) is 0.746. The lowest BCUT2D eigenvalue weighted by Gasteiger charge is -2.37. The molecular weight excluding hydrogens is 264 g/mol. The van der Waals surface area contributed by atoms with Crippen molar-refractivity contribution >= 4 is 17.2 Å². The van der Waals surface area contributed by atoms with E-state index >= 15 is 0 Å². The summed E-state index contributed by atoms with van der Waals surface area (Å²) in [6.07, 6.45) is -0.0750. The van der Waals surface area contributed by atoms with Gasteiger partial charge in [0.05, 0.1) is 31.4 Å². The molecule has 1 aromatic heterocycles. The molecule has 0 aliphatic carbocycles. The maximum absolute atomic E-state index is 12.0. The van der Waals surface area contributed by atoms with E-state index in [1.54, 1.807) is 11.8 Å². The minimum Gasteiger partial charge on any atom is -0.387 e. The van der Waals surface area contributed by atoms with Crippen LogP contribution in [-0.2, 0) is 9.53 Å². The van der Waals surface area contributed by atoms with E-state index in [4.69, 9.17) is 10.5 Å². The predicted molar refractivity (Wildman–Crippen MR) is 73.9 cm³/mol. The van der Waals surface area contributed by atoms with Crippen LogP contribution in [0.15, 0.2) is 17.5 Å². The third-order valence-electron chi connectivity index (χ3n) is 3.27. The Labute approximate surface area is 117 Å². The van der Waals surface area contributed by atoms with Gasteiger partial charge in [0.1, 0.15) is 0 Å². The summed E-state index contributed by atoms with van der Waals surface area (Å²) in [5, 5.41) is 12.1. The van der Waals surface area contributed by atoms with Gasteiger partial charge in [0.25, 0.3) is 0 Å². The molecule has 2 heterocycles. The van der Waals surface area contributed by atoms with E-state index in [0.29, 0.717) is 26.2 Å². The number of hydrogen-bond donors (Lipinski definition) is 2. The summed E-state index contributed by atoms with van der Waals surface area (Å²) in [5.41, 5.74) is 5.66. The zero-order valence-electron chi connectivity index (χ0n) is 11.0. The quantitative estimate of drug-likeness (QED) is 0.855. The summed E-state index contributed by atoms with van der Waals surface area (Å²) in [4.78, 5) is 14.7. The molecule has 1 aromatic rings. The van der Waals surface area contributed by atoms with Crippen molar-refractivity contribution in [2.45, 2.75) is 31.5 Å². The number of hydrogen-bond acceptors (Lipinski definition) is 5. The average molecular weight is 284 g/mol. The first kappa shape index (κ1) is 14.5. The molecule has 0 spiro atoms. The minimum absolute atomic E-state index is 0.0771. The Morgan fingerprint density at radius 2 is 2.53 bits per heavy atom. The van der Waals surface area contributed by atoms with Crippen molar-refractivity contribution in [2.75, 3.05) is 19.8 Å². The third-order valence-corrected chi connectivity index (χ3v) is 4.24. The molecule has 3 atom stereocenters. The fraction of sp³-hybridized carbons (Fsp3) is 0.615. The summed E-state index contributed by atoms with van der Waals surface area (Å²) in [5.74, 6) is -0.0771. The number of morpholine rings is 1. The molecule has 0 saturated carbocycles. The van der Waals surface area contributed by atoms with Gasteiger partial charge in [-0.05, 0) is 18.4 Å². The van der Waals surface area contributed by atoms with Gasteiger partial charge in [-0.1, -0.05) is 6.07 Å². The minimum atomic E-state index is -0.560. The number of thiophene rings is 1. The molecule has 0 aromatic carbocycles. The van der Waals surface area contributed by atoms with E-state index in [1.807, 2.05) is 17.5 Å². The van der Waals surface area contributed by atoms with E-state index in [-0.39, 0.29) is 11.9 Å². The molecule has 19 heavy (non-hydrogen) atoms. The number of aliphatic hydroxyl groups is 1. The molecule has 1 aliphatic rings. The summed E-state index contributed by atoms with van der Waals surface area (Å²) < 4.78 is 5.42. The number of carbonyl (C=O) groups excluding carboxylic acids is 1. The molecular formula is C13H20N2O3S. The highest BCUT2D eigenvalue weighted by molar-refractivity contribution is 7.10. The summed E-state index contributed by atoms with van der Waals surface area (Å²) in [7, 11) is 0. The topological polar surface area (TPSA) is 75.8 Å². The van der Waals surface area contributed by atoms with Crippen LogP contribution in [0.5, 0.6) is 0 Å². The lowest BCUT2D eigenvalue weighted by molar-refractivity contribution is -0.142. The first-order valence-corrected chi connectivity index (χ1v) is 7.33. The Morgan fingerprint density at radius 3 is 3.16 bits per heavy atom. The fourth-order valence-electron chi connectivity index (χ4n) is 2.26. The van der Waals surface area contributed by atoms with E-state index in [0.717, 1.165) is 4.88 Å². The van der Waals surface area contributed by atoms with Gasteiger partial charge < -0.3 is 20.5 Å². The van der Waals surface area contributed by atoms with Gasteiger partial charge in [0, 0.05) is 17.8 Å². The second kappa shape index (κ2) is 6.47. The van der Waals surface area contributed by atoms with Gasteiger partial charge in [0.15, 0.2) is 0 Å². The molecule has 2 unspecified atom stereocenters. The van der Waals surface area contributed by atoms with Crippen LogP contribution in [0.1, 0.15) is 24.3 Å². The van der Waals surface area contributed by atoms with E-state index in [9.17, 15) is 9.90 Å². The molecule has 106 valence electrons. The zero-order valence-corrected chi connectivity index (χ0v) is 11.8. The smallest absolute Gasteiger partial charge is 0.239 e. The zero-order chi connectivity index (χ0) is 13.8. The second-order valence-electron chi connectivity index (χ2n) is 4.82. The van der Waals surface area contributed by atoms with Crippen molar-refractivity contribution in [3.8, 4) is 0 Å². The highest BCUT2D eigenvalue weighted by atomic mass is 32.1. The van der Waals surface area contributed by atoms with E-state index in [1.165, 1.54) is 11.3 Å². The van der Waals surface area contributed by atoms with Crippen LogP contribution in [0.4, 0.5) is 0 Å². The molecule has 6 heteroatoms. The van der Waals surface area contributed by atoms with Crippen LogP contribution < -0.4 is 5.73 Å². The van der Waals surface area contributed by atoms with Gasteiger partial charge in [-0.25, -0.2) is 0 Å². The fourth-order valence-corrected chi connectivity index (χ4v) is 2.98. The number of rotatable bonds is 4. The first-order chi connectivity index (χ1) is 9.09. The van der Waals surface area contributed by atoms with Crippen molar-refractivity contribution in [1.82, 2.24) is 4.90 Å². The molecule has 0 bridgehead atoms. The van der Waals surface area contributed by atoms with Crippen molar-refractivity contribution in [3.05, 3.63) is 22.4 Å². The molecule has 1 amide bonds. The van der Waals surface area contributed by atoms with Crippen LogP contribution in [0.25, 0.3) is 0 Å². The van der Waals surface area contributed by atoms with Crippen LogP contribution >= 0.6 is 11.3 Å². The lowest BCUT2D eigenvalue weighted by Crippen LogP contribution is -2.53. The molecule has 1 aliphatic heterocycles. The largest absolute Gasteiger partial charge is 0.387 e. The van der Waals surface area contributed by atoms with Crippen LogP contribution in [0.3, 0.4) is 0 Å². The van der Waals surface area contributed by atoms with E-state index < -0.39 is 12.1 Å². The number of carbonyl (C=O) groups is 1. The number of nitrogens with two attached hydrogens (primary N) is 1. The van der Waals surface area contributed by atoms with Crippen molar-refractivity contribution in [1.29, 1.82) is 0 Å². The number of aliphatic hydroxyl groups excluding tert-OH is 1. The van der Waals surface area contributed by atoms with Gasteiger partial charge in [-0.2, -0.15) is 0 Å². The van der Waals surface area contributed by atoms with Gasteiger partial charge in [0.2, 0.25) is 5.91 Å². The SMILES string of the molecule is C[C@H](N)C(=O)N1CCOCC1CC(O)c1cccs1. The number of amides is 1. The Bertz CT molecular complexity index is 408. The maximum atomic E-state index is 12.0. The van der Waals surface area contributed by atoms with Crippen molar-refractivity contribution in [3.63, 3.8) is 0 Å². The molecule has 1 fully saturated rings.